The highest BCUT2D eigenvalue weighted by Gasteiger charge is 2.38. The maximum atomic E-state index is 4.35. The van der Waals surface area contributed by atoms with Crippen LogP contribution >= 0.6 is 11.3 Å². The molecule has 0 spiro atoms. The van der Waals surface area contributed by atoms with Crippen LogP contribution in [0.15, 0.2) is 121 Å². The largest absolute Gasteiger partial charge is 0.135 e. The normalized spacial score (nSPS) is 14.0. The molecule has 0 unspecified atom stereocenters. The second-order valence-electron chi connectivity index (χ2n) is 13.7. The zero-order chi connectivity index (χ0) is 31.9. The average molecular weight is 611 g/mol. The van der Waals surface area contributed by atoms with Crippen LogP contribution in [-0.2, 0) is 5.41 Å². The molecule has 1 heterocycles. The van der Waals surface area contributed by atoms with Gasteiger partial charge in [0.15, 0.2) is 0 Å². The first-order valence-corrected chi connectivity index (χ1v) is 17.0. The monoisotopic (exact) mass is 610 g/mol. The lowest BCUT2D eigenvalue weighted by Gasteiger charge is -2.24. The summed E-state index contributed by atoms with van der Waals surface area (Å²) >= 11 is 1.92. The minimum Gasteiger partial charge on any atom is -0.135 e. The maximum Gasteiger partial charge on any atom is 0.0393 e. The van der Waals surface area contributed by atoms with E-state index in [1.165, 1.54) is 103 Å². The summed E-state index contributed by atoms with van der Waals surface area (Å²) < 4.78 is 1.35. The van der Waals surface area contributed by atoms with Crippen molar-refractivity contribution in [2.75, 3.05) is 0 Å². The summed E-state index contributed by atoms with van der Waals surface area (Å²) in [5.41, 5.74) is 15.6. The molecule has 7 aromatic rings. The van der Waals surface area contributed by atoms with E-state index in [1.54, 1.807) is 0 Å². The van der Waals surface area contributed by atoms with Gasteiger partial charge in [-0.1, -0.05) is 129 Å². The van der Waals surface area contributed by atoms with Gasteiger partial charge in [0, 0.05) is 20.6 Å². The van der Waals surface area contributed by atoms with Gasteiger partial charge in [0.1, 0.15) is 0 Å². The Morgan fingerprint density at radius 3 is 1.76 bits per heavy atom. The Balaban J connectivity index is 1.39. The van der Waals surface area contributed by atoms with E-state index in [-0.39, 0.29) is 5.41 Å². The van der Waals surface area contributed by atoms with Crippen LogP contribution < -0.4 is 0 Å². The van der Waals surface area contributed by atoms with Crippen LogP contribution in [0.25, 0.3) is 59.5 Å². The minimum absolute atomic E-state index is 0.175. The van der Waals surface area contributed by atoms with Crippen molar-refractivity contribution in [3.05, 3.63) is 160 Å². The number of allylic oxidation sites excluding steroid dienone is 2. The van der Waals surface area contributed by atoms with Crippen LogP contribution in [0.3, 0.4) is 0 Å². The molecule has 224 valence electrons. The van der Waals surface area contributed by atoms with E-state index in [0.29, 0.717) is 0 Å². The first-order chi connectivity index (χ1) is 22.2. The van der Waals surface area contributed by atoms with Crippen molar-refractivity contribution in [3.63, 3.8) is 0 Å². The Labute approximate surface area is 276 Å². The van der Waals surface area contributed by atoms with E-state index < -0.39 is 0 Å². The van der Waals surface area contributed by atoms with Crippen molar-refractivity contribution in [2.24, 2.45) is 0 Å². The topological polar surface area (TPSA) is 0 Å². The van der Waals surface area contributed by atoms with E-state index in [0.717, 1.165) is 0 Å². The summed E-state index contributed by atoms with van der Waals surface area (Å²) in [7, 11) is 0. The Morgan fingerprint density at radius 1 is 0.587 bits per heavy atom. The number of hydrogen-bond donors (Lipinski definition) is 0. The summed E-state index contributed by atoms with van der Waals surface area (Å²) in [4.78, 5) is 1.36. The Hall–Kier alpha value is -4.72. The number of fused-ring (bicyclic) bond motifs is 4. The van der Waals surface area contributed by atoms with Crippen molar-refractivity contribution < 1.29 is 0 Å². The summed E-state index contributed by atoms with van der Waals surface area (Å²) in [6, 6.07) is 38.9. The molecule has 0 atom stereocenters. The number of thiophene rings is 1. The van der Waals surface area contributed by atoms with E-state index in [9.17, 15) is 0 Å². The smallest absolute Gasteiger partial charge is 0.0393 e. The highest BCUT2D eigenvalue weighted by molar-refractivity contribution is 7.20. The quantitative estimate of drug-likeness (QED) is 0.174. The third-order valence-corrected chi connectivity index (χ3v) is 11.4. The lowest BCUT2D eigenvalue weighted by molar-refractivity contribution is 0.655. The molecule has 0 saturated carbocycles. The molecule has 1 aromatic heterocycles. The standard InChI is InChI=1S/C45H38S/c1-8-38-43(44-29(5)32-19-17-26(2)24-40(32)46-44)37-20-18-30(25-39(37)45(38,6)7)41-33-13-9-11-15-35(33)42(36-16-12-10-14-34(36)41)31-22-27(3)21-28(4)23-31/h8-25H,1H2,2-7H3. The van der Waals surface area contributed by atoms with E-state index in [2.05, 4.69) is 157 Å². The predicted octanol–water partition coefficient (Wildman–Crippen LogP) is 13.1. The van der Waals surface area contributed by atoms with E-state index >= 15 is 0 Å². The third-order valence-electron chi connectivity index (χ3n) is 10.2. The second kappa shape index (κ2) is 10.4. The lowest BCUT2D eigenvalue weighted by Crippen LogP contribution is -2.16. The zero-order valence-corrected chi connectivity index (χ0v) is 28.3. The van der Waals surface area contributed by atoms with Gasteiger partial charge in [-0.05, 0) is 117 Å². The highest BCUT2D eigenvalue weighted by atomic mass is 32.1. The molecule has 0 N–H and O–H groups in total. The average Bonchev–Trinajstić information content (AvgIpc) is 3.47. The summed E-state index contributed by atoms with van der Waals surface area (Å²) in [5.74, 6) is 0. The van der Waals surface area contributed by atoms with Gasteiger partial charge in [0.25, 0.3) is 0 Å². The molecule has 0 nitrogen and oxygen atoms in total. The van der Waals surface area contributed by atoms with Gasteiger partial charge in [0.2, 0.25) is 0 Å². The SMILES string of the molecule is C=CC1=C(c2sc3cc(C)ccc3c2C)c2ccc(-c3c4ccccc4c(-c4cc(C)cc(C)c4)c4ccccc34)cc2C1(C)C. The number of benzene rings is 6. The molecule has 1 aliphatic carbocycles. The number of hydrogen-bond acceptors (Lipinski definition) is 1. The van der Waals surface area contributed by atoms with Crippen LogP contribution in [0.5, 0.6) is 0 Å². The molecule has 6 aromatic carbocycles. The molecule has 0 radical (unpaired) electrons. The second-order valence-corrected chi connectivity index (χ2v) is 14.7. The Morgan fingerprint density at radius 2 is 1.17 bits per heavy atom. The van der Waals surface area contributed by atoms with Gasteiger partial charge >= 0.3 is 0 Å². The van der Waals surface area contributed by atoms with Crippen LogP contribution in [0.1, 0.15) is 52.1 Å². The summed E-state index contributed by atoms with van der Waals surface area (Å²) in [6.45, 7) is 17.9. The molecule has 1 aliphatic rings. The van der Waals surface area contributed by atoms with Crippen molar-refractivity contribution in [3.8, 4) is 22.3 Å². The van der Waals surface area contributed by atoms with Crippen molar-refractivity contribution >= 4 is 48.5 Å². The fourth-order valence-corrected chi connectivity index (χ4v) is 9.46. The molecule has 0 fully saturated rings. The van der Waals surface area contributed by atoms with Gasteiger partial charge in [-0.15, -0.1) is 11.3 Å². The van der Waals surface area contributed by atoms with Gasteiger partial charge in [0.05, 0.1) is 0 Å². The molecule has 1 heteroatoms. The Kier molecular flexibility index (Phi) is 6.50. The predicted molar refractivity (Wildman–Crippen MR) is 202 cm³/mol. The lowest BCUT2D eigenvalue weighted by atomic mass is 9.79. The molecule has 0 amide bonds. The van der Waals surface area contributed by atoms with Crippen LogP contribution in [0, 0.1) is 27.7 Å². The van der Waals surface area contributed by atoms with Gasteiger partial charge in [-0.3, -0.25) is 0 Å². The molecule has 0 saturated heterocycles. The maximum absolute atomic E-state index is 4.35. The molecular weight excluding hydrogens is 573 g/mol. The van der Waals surface area contributed by atoms with Crippen molar-refractivity contribution in [1.29, 1.82) is 0 Å². The van der Waals surface area contributed by atoms with Gasteiger partial charge in [-0.25, -0.2) is 0 Å². The molecule has 46 heavy (non-hydrogen) atoms. The third kappa shape index (κ3) is 4.18. The Bertz CT molecular complexity index is 2370. The van der Waals surface area contributed by atoms with E-state index in [4.69, 9.17) is 0 Å². The van der Waals surface area contributed by atoms with Crippen LogP contribution in [0.2, 0.25) is 0 Å². The van der Waals surface area contributed by atoms with Crippen molar-refractivity contribution in [2.45, 2.75) is 47.0 Å². The first kappa shape index (κ1) is 28.7. The number of rotatable bonds is 4. The number of aryl methyl sites for hydroxylation is 4. The van der Waals surface area contributed by atoms with Crippen LogP contribution in [0.4, 0.5) is 0 Å². The fraction of sp³-hybridized carbons (Fsp3) is 0.156. The zero-order valence-electron chi connectivity index (χ0n) is 27.5. The first-order valence-electron chi connectivity index (χ1n) is 16.2. The summed E-state index contributed by atoms with van der Waals surface area (Å²) in [6.07, 6.45) is 2.10. The highest BCUT2D eigenvalue weighted by Crippen LogP contribution is 2.54. The van der Waals surface area contributed by atoms with Gasteiger partial charge in [-0.2, -0.15) is 0 Å². The fourth-order valence-electron chi connectivity index (χ4n) is 8.08. The minimum atomic E-state index is -0.175. The van der Waals surface area contributed by atoms with Crippen molar-refractivity contribution in [1.82, 2.24) is 0 Å². The van der Waals surface area contributed by atoms with E-state index in [1.807, 2.05) is 11.3 Å². The summed E-state index contributed by atoms with van der Waals surface area (Å²) in [5, 5.41) is 6.52. The molecule has 0 aliphatic heterocycles. The molecule has 0 bridgehead atoms. The van der Waals surface area contributed by atoms with Gasteiger partial charge < -0.3 is 0 Å². The molecule has 8 rings (SSSR count). The van der Waals surface area contributed by atoms with Crippen LogP contribution in [-0.4, -0.2) is 0 Å². The molecular formula is C45H38S.